The normalized spacial score (nSPS) is 20.5. The summed E-state index contributed by atoms with van der Waals surface area (Å²) in [6, 6.07) is 0.153. The van der Waals surface area contributed by atoms with Crippen LogP contribution in [0.2, 0.25) is 0 Å². The van der Waals surface area contributed by atoms with Gasteiger partial charge in [0.15, 0.2) is 11.6 Å². The third-order valence-electron chi connectivity index (χ3n) is 2.88. The Morgan fingerprint density at radius 2 is 2.29 bits per heavy atom. The second-order valence-corrected chi connectivity index (χ2v) is 4.58. The number of hydrogen-bond donors (Lipinski definition) is 1. The fourth-order valence-electron chi connectivity index (χ4n) is 2.01. The molecule has 5 nitrogen and oxygen atoms in total. The molecule has 2 heterocycles. The van der Waals surface area contributed by atoms with Crippen LogP contribution in [0.1, 0.15) is 12.8 Å². The number of hydrogen-bond acceptors (Lipinski definition) is 5. The maximum atomic E-state index is 13.5. The highest BCUT2D eigenvalue weighted by molar-refractivity contribution is 5.44. The van der Waals surface area contributed by atoms with E-state index >= 15 is 0 Å². The number of rotatable bonds is 2. The number of nitrogens with two attached hydrogens (primary N) is 1. The standard InChI is InChI=1S/C11H18FN5/c1-16(2)10-9(12)6-14-11(15-10)17-5-3-4-8(13)7-17/h6,8H,3-5,7,13H2,1-2H3/t8-/m0/s1. The Bertz CT molecular complexity index is 395. The summed E-state index contributed by atoms with van der Waals surface area (Å²) >= 11 is 0. The first-order chi connectivity index (χ1) is 8.08. The van der Waals surface area contributed by atoms with E-state index in [1.54, 1.807) is 19.0 Å². The highest BCUT2D eigenvalue weighted by atomic mass is 19.1. The molecule has 0 spiro atoms. The second kappa shape index (κ2) is 4.83. The summed E-state index contributed by atoms with van der Waals surface area (Å²) in [4.78, 5) is 11.9. The molecule has 0 aromatic carbocycles. The molecule has 1 saturated heterocycles. The minimum atomic E-state index is -0.403. The lowest BCUT2D eigenvalue weighted by Gasteiger charge is -2.31. The van der Waals surface area contributed by atoms with Crippen molar-refractivity contribution in [3.63, 3.8) is 0 Å². The van der Waals surface area contributed by atoms with Gasteiger partial charge in [0, 0.05) is 33.2 Å². The third kappa shape index (κ3) is 2.63. The first-order valence-corrected chi connectivity index (χ1v) is 5.78. The van der Waals surface area contributed by atoms with Gasteiger partial charge in [-0.3, -0.25) is 0 Å². The zero-order valence-electron chi connectivity index (χ0n) is 10.2. The summed E-state index contributed by atoms with van der Waals surface area (Å²) in [5.74, 6) is 0.472. The molecule has 0 bridgehead atoms. The van der Waals surface area contributed by atoms with Gasteiger partial charge in [-0.15, -0.1) is 0 Å². The SMILES string of the molecule is CN(C)c1nc(N2CCC[C@H](N)C2)ncc1F. The van der Waals surface area contributed by atoms with E-state index in [0.29, 0.717) is 11.8 Å². The van der Waals surface area contributed by atoms with Crippen LogP contribution >= 0.6 is 0 Å². The van der Waals surface area contributed by atoms with Crippen molar-refractivity contribution >= 4 is 11.8 Å². The summed E-state index contributed by atoms with van der Waals surface area (Å²) in [7, 11) is 3.52. The monoisotopic (exact) mass is 239 g/mol. The fraction of sp³-hybridized carbons (Fsp3) is 0.636. The number of halogens is 1. The maximum Gasteiger partial charge on any atom is 0.227 e. The molecule has 0 unspecified atom stereocenters. The van der Waals surface area contributed by atoms with Crippen LogP contribution in [0, 0.1) is 5.82 Å². The van der Waals surface area contributed by atoms with Crippen molar-refractivity contribution in [1.29, 1.82) is 0 Å². The Balaban J connectivity index is 2.23. The van der Waals surface area contributed by atoms with Crippen LogP contribution in [0.5, 0.6) is 0 Å². The van der Waals surface area contributed by atoms with E-state index in [1.165, 1.54) is 6.20 Å². The van der Waals surface area contributed by atoms with E-state index in [-0.39, 0.29) is 6.04 Å². The van der Waals surface area contributed by atoms with E-state index < -0.39 is 5.82 Å². The summed E-state index contributed by atoms with van der Waals surface area (Å²) < 4.78 is 13.5. The highest BCUT2D eigenvalue weighted by Gasteiger charge is 2.20. The molecule has 1 aromatic rings. The Kier molecular flexibility index (Phi) is 3.42. The lowest BCUT2D eigenvalue weighted by Crippen LogP contribution is -2.43. The average Bonchev–Trinajstić information content (AvgIpc) is 2.29. The van der Waals surface area contributed by atoms with Crippen molar-refractivity contribution in [2.24, 2.45) is 5.73 Å². The highest BCUT2D eigenvalue weighted by Crippen LogP contribution is 2.19. The third-order valence-corrected chi connectivity index (χ3v) is 2.88. The fourth-order valence-corrected chi connectivity index (χ4v) is 2.01. The molecule has 1 aromatic heterocycles. The minimum Gasteiger partial charge on any atom is -0.360 e. The summed E-state index contributed by atoms with van der Waals surface area (Å²) in [6.07, 6.45) is 3.27. The van der Waals surface area contributed by atoms with Crippen molar-refractivity contribution in [2.45, 2.75) is 18.9 Å². The van der Waals surface area contributed by atoms with E-state index in [2.05, 4.69) is 9.97 Å². The topological polar surface area (TPSA) is 58.3 Å². The van der Waals surface area contributed by atoms with E-state index in [9.17, 15) is 4.39 Å². The lowest BCUT2D eigenvalue weighted by atomic mass is 10.1. The van der Waals surface area contributed by atoms with Crippen LogP contribution in [0.4, 0.5) is 16.2 Å². The molecule has 6 heteroatoms. The van der Waals surface area contributed by atoms with Gasteiger partial charge in [0.05, 0.1) is 6.20 Å². The molecule has 1 aliphatic rings. The van der Waals surface area contributed by atoms with Gasteiger partial charge in [0.25, 0.3) is 0 Å². The van der Waals surface area contributed by atoms with Gasteiger partial charge < -0.3 is 15.5 Å². The van der Waals surface area contributed by atoms with Crippen LogP contribution in [0.25, 0.3) is 0 Å². The van der Waals surface area contributed by atoms with Crippen LogP contribution in [0.15, 0.2) is 6.20 Å². The van der Waals surface area contributed by atoms with Gasteiger partial charge in [0.1, 0.15) is 0 Å². The van der Waals surface area contributed by atoms with Crippen LogP contribution < -0.4 is 15.5 Å². The first-order valence-electron chi connectivity index (χ1n) is 5.78. The molecular weight excluding hydrogens is 221 g/mol. The van der Waals surface area contributed by atoms with Crippen molar-refractivity contribution in [3.8, 4) is 0 Å². The smallest absolute Gasteiger partial charge is 0.227 e. The predicted octanol–water partition coefficient (Wildman–Crippen LogP) is 0.609. The minimum absolute atomic E-state index is 0.153. The van der Waals surface area contributed by atoms with E-state index in [0.717, 1.165) is 25.9 Å². The van der Waals surface area contributed by atoms with E-state index in [4.69, 9.17) is 5.73 Å². The summed E-state index contributed by atoms with van der Waals surface area (Å²) in [5, 5.41) is 0. The van der Waals surface area contributed by atoms with Crippen molar-refractivity contribution in [2.75, 3.05) is 37.0 Å². The number of nitrogens with zero attached hydrogens (tertiary/aromatic N) is 4. The quantitative estimate of drug-likeness (QED) is 0.819. The Morgan fingerprint density at radius 3 is 2.94 bits per heavy atom. The first kappa shape index (κ1) is 12.0. The Hall–Kier alpha value is -1.43. The molecule has 17 heavy (non-hydrogen) atoms. The van der Waals surface area contributed by atoms with Gasteiger partial charge in [-0.25, -0.2) is 9.37 Å². The molecule has 1 aliphatic heterocycles. The summed E-state index contributed by atoms with van der Waals surface area (Å²) in [5.41, 5.74) is 5.91. The molecule has 2 rings (SSSR count). The molecule has 1 fully saturated rings. The van der Waals surface area contributed by atoms with Gasteiger partial charge in [0.2, 0.25) is 5.95 Å². The molecule has 1 atom stereocenters. The van der Waals surface area contributed by atoms with Crippen LogP contribution in [-0.4, -0.2) is 43.2 Å². The zero-order chi connectivity index (χ0) is 12.4. The summed E-state index contributed by atoms with van der Waals surface area (Å²) in [6.45, 7) is 1.62. The molecule has 0 amide bonds. The molecular formula is C11H18FN5. The van der Waals surface area contributed by atoms with Crippen LogP contribution in [-0.2, 0) is 0 Å². The second-order valence-electron chi connectivity index (χ2n) is 4.58. The average molecular weight is 239 g/mol. The van der Waals surface area contributed by atoms with Gasteiger partial charge in [-0.1, -0.05) is 0 Å². The predicted molar refractivity (Wildman–Crippen MR) is 65.7 cm³/mol. The van der Waals surface area contributed by atoms with Gasteiger partial charge in [-0.2, -0.15) is 4.98 Å². The molecule has 0 saturated carbocycles. The molecule has 2 N–H and O–H groups in total. The Labute approximate surface area is 100 Å². The number of piperidine rings is 1. The van der Waals surface area contributed by atoms with Gasteiger partial charge in [-0.05, 0) is 12.8 Å². The largest absolute Gasteiger partial charge is 0.360 e. The van der Waals surface area contributed by atoms with E-state index in [1.807, 2.05) is 4.90 Å². The lowest BCUT2D eigenvalue weighted by molar-refractivity contribution is 0.498. The zero-order valence-corrected chi connectivity index (χ0v) is 10.2. The Morgan fingerprint density at radius 1 is 1.53 bits per heavy atom. The number of aromatic nitrogens is 2. The maximum absolute atomic E-state index is 13.5. The number of anilines is 2. The molecule has 0 radical (unpaired) electrons. The van der Waals surface area contributed by atoms with Crippen molar-refractivity contribution < 1.29 is 4.39 Å². The van der Waals surface area contributed by atoms with Crippen molar-refractivity contribution in [1.82, 2.24) is 9.97 Å². The van der Waals surface area contributed by atoms with Gasteiger partial charge >= 0.3 is 0 Å². The van der Waals surface area contributed by atoms with Crippen LogP contribution in [0.3, 0.4) is 0 Å². The molecule has 0 aliphatic carbocycles. The molecule has 94 valence electrons. The van der Waals surface area contributed by atoms with Crippen molar-refractivity contribution in [3.05, 3.63) is 12.0 Å².